The van der Waals surface area contributed by atoms with Crippen LogP contribution in [0.25, 0.3) is 11.1 Å². The second-order valence-corrected chi connectivity index (χ2v) is 5.51. The number of ketones is 1. The van der Waals surface area contributed by atoms with Gasteiger partial charge < -0.3 is 4.42 Å². The molecule has 6 nitrogen and oxygen atoms in total. The highest BCUT2D eigenvalue weighted by Crippen LogP contribution is 2.24. The molecule has 3 aromatic rings. The number of hydrogen-bond donors (Lipinski definition) is 0. The predicted octanol–water partition coefficient (Wildman–Crippen LogP) is 2.77. The van der Waals surface area contributed by atoms with Crippen LogP contribution >= 0.6 is 23.2 Å². The summed E-state index contributed by atoms with van der Waals surface area (Å²) in [6.45, 7) is 1.79. The number of benzene rings is 1. The summed E-state index contributed by atoms with van der Waals surface area (Å²) in [4.78, 5) is 24.2. The van der Waals surface area contributed by atoms with Crippen LogP contribution in [0, 0.1) is 6.92 Å². The number of carbonyl (C=O) groups is 1. The van der Waals surface area contributed by atoms with Crippen molar-refractivity contribution in [2.75, 3.05) is 0 Å². The molecule has 0 amide bonds. The van der Waals surface area contributed by atoms with Gasteiger partial charge in [0.25, 0.3) is 0 Å². The fourth-order valence-electron chi connectivity index (χ4n) is 2.31. The largest absolute Gasteiger partial charge is 0.419 e. The SMILES string of the molecule is Cc1cc(C(=O)c2cc(Cl)nnc2Cl)cc2oc(=O)n(C)c12. The van der Waals surface area contributed by atoms with E-state index in [-0.39, 0.29) is 21.7 Å². The summed E-state index contributed by atoms with van der Waals surface area (Å²) in [6.07, 6.45) is 0. The molecule has 0 saturated heterocycles. The second kappa shape index (κ2) is 5.23. The van der Waals surface area contributed by atoms with Crippen LogP contribution in [0.1, 0.15) is 21.5 Å². The van der Waals surface area contributed by atoms with Gasteiger partial charge in [-0.25, -0.2) is 4.79 Å². The number of halogens is 2. The Bertz CT molecular complexity index is 975. The Balaban J connectivity index is 2.20. The lowest BCUT2D eigenvalue weighted by molar-refractivity contribution is 0.103. The van der Waals surface area contributed by atoms with E-state index in [1.54, 1.807) is 20.0 Å². The third-order valence-electron chi connectivity index (χ3n) is 3.30. The fraction of sp³-hybridized carbons (Fsp3) is 0.143. The molecule has 2 aromatic heterocycles. The smallest absolute Gasteiger partial charge is 0.408 e. The van der Waals surface area contributed by atoms with Crippen LogP contribution in [0.2, 0.25) is 10.3 Å². The molecular formula is C14H9Cl2N3O3. The third-order valence-corrected chi connectivity index (χ3v) is 3.76. The Hall–Kier alpha value is -2.18. The zero-order valence-electron chi connectivity index (χ0n) is 11.6. The molecule has 0 atom stereocenters. The number of oxazole rings is 1. The molecule has 0 aliphatic carbocycles. The van der Waals surface area contributed by atoms with Crippen LogP contribution in [-0.4, -0.2) is 20.5 Å². The van der Waals surface area contributed by atoms with E-state index in [9.17, 15) is 9.59 Å². The first-order valence-corrected chi connectivity index (χ1v) is 6.97. The van der Waals surface area contributed by atoms with Crippen LogP contribution < -0.4 is 5.76 Å². The number of rotatable bonds is 2. The monoisotopic (exact) mass is 337 g/mol. The van der Waals surface area contributed by atoms with Gasteiger partial charge in [0.1, 0.15) is 0 Å². The van der Waals surface area contributed by atoms with Gasteiger partial charge in [0.05, 0.1) is 11.1 Å². The third kappa shape index (κ3) is 2.30. The summed E-state index contributed by atoms with van der Waals surface area (Å²) in [7, 11) is 1.60. The van der Waals surface area contributed by atoms with E-state index in [4.69, 9.17) is 27.6 Å². The maximum atomic E-state index is 12.6. The van der Waals surface area contributed by atoms with Gasteiger partial charge in [-0.1, -0.05) is 23.2 Å². The highest BCUT2D eigenvalue weighted by molar-refractivity contribution is 6.35. The van der Waals surface area contributed by atoms with E-state index < -0.39 is 5.76 Å². The van der Waals surface area contributed by atoms with E-state index in [0.29, 0.717) is 16.7 Å². The van der Waals surface area contributed by atoms with Gasteiger partial charge in [0.2, 0.25) is 0 Å². The maximum absolute atomic E-state index is 12.6. The lowest BCUT2D eigenvalue weighted by Crippen LogP contribution is -2.09. The van der Waals surface area contributed by atoms with Gasteiger partial charge in [0.15, 0.2) is 21.7 Å². The van der Waals surface area contributed by atoms with Crippen molar-refractivity contribution in [3.8, 4) is 0 Å². The Kier molecular flexibility index (Phi) is 3.50. The van der Waals surface area contributed by atoms with E-state index >= 15 is 0 Å². The standard InChI is InChI=1S/C14H9Cl2N3O3/c1-6-3-7(4-9-11(6)19(2)14(21)22-9)12(20)8-5-10(15)17-18-13(8)16/h3-5H,1-2H3. The van der Waals surface area contributed by atoms with Crippen LogP contribution in [-0.2, 0) is 7.05 Å². The molecular weight excluding hydrogens is 329 g/mol. The van der Waals surface area contributed by atoms with Gasteiger partial charge in [-0.15, -0.1) is 10.2 Å². The Morgan fingerprint density at radius 3 is 2.68 bits per heavy atom. The molecule has 0 radical (unpaired) electrons. The summed E-state index contributed by atoms with van der Waals surface area (Å²) in [5, 5.41) is 7.21. The lowest BCUT2D eigenvalue weighted by Gasteiger charge is -2.05. The second-order valence-electron chi connectivity index (χ2n) is 4.77. The summed E-state index contributed by atoms with van der Waals surface area (Å²) >= 11 is 11.6. The maximum Gasteiger partial charge on any atom is 0.419 e. The zero-order chi connectivity index (χ0) is 16.0. The minimum Gasteiger partial charge on any atom is -0.408 e. The fourth-order valence-corrected chi connectivity index (χ4v) is 2.63. The molecule has 8 heteroatoms. The number of aromatic nitrogens is 3. The first-order valence-electron chi connectivity index (χ1n) is 6.22. The molecule has 0 spiro atoms. The molecule has 0 aliphatic heterocycles. The predicted molar refractivity (Wildman–Crippen MR) is 81.7 cm³/mol. The number of hydrogen-bond acceptors (Lipinski definition) is 5. The number of fused-ring (bicyclic) bond motifs is 1. The molecule has 22 heavy (non-hydrogen) atoms. The van der Waals surface area contributed by atoms with Crippen molar-refractivity contribution in [1.29, 1.82) is 0 Å². The lowest BCUT2D eigenvalue weighted by atomic mass is 10.0. The number of nitrogens with zero attached hydrogens (tertiary/aromatic N) is 3. The summed E-state index contributed by atoms with van der Waals surface area (Å²) < 4.78 is 6.51. The van der Waals surface area contributed by atoms with Gasteiger partial charge in [0, 0.05) is 12.6 Å². The highest BCUT2D eigenvalue weighted by Gasteiger charge is 2.18. The van der Waals surface area contributed by atoms with Crippen LogP contribution in [0.15, 0.2) is 27.4 Å². The number of aryl methyl sites for hydroxylation is 2. The van der Waals surface area contributed by atoms with Gasteiger partial charge in [-0.05, 0) is 30.7 Å². The van der Waals surface area contributed by atoms with Gasteiger partial charge in [-0.2, -0.15) is 0 Å². The molecule has 0 unspecified atom stereocenters. The first kappa shape index (κ1) is 14.7. The van der Waals surface area contributed by atoms with Crippen molar-refractivity contribution in [3.63, 3.8) is 0 Å². The van der Waals surface area contributed by atoms with Crippen LogP contribution in [0.5, 0.6) is 0 Å². The van der Waals surface area contributed by atoms with Crippen molar-refractivity contribution in [3.05, 3.63) is 55.7 Å². The summed E-state index contributed by atoms with van der Waals surface area (Å²) in [6, 6.07) is 4.50. The quantitative estimate of drug-likeness (QED) is 0.672. The van der Waals surface area contributed by atoms with Crippen molar-refractivity contribution in [2.45, 2.75) is 6.92 Å². The normalized spacial score (nSPS) is 11.1. The molecule has 1 aromatic carbocycles. The van der Waals surface area contributed by atoms with E-state index in [2.05, 4.69) is 10.2 Å². The highest BCUT2D eigenvalue weighted by atomic mass is 35.5. The molecule has 0 bridgehead atoms. The van der Waals surface area contributed by atoms with Crippen molar-refractivity contribution < 1.29 is 9.21 Å². The van der Waals surface area contributed by atoms with Crippen molar-refractivity contribution >= 4 is 40.1 Å². The van der Waals surface area contributed by atoms with Gasteiger partial charge >= 0.3 is 5.76 Å². The minimum atomic E-state index is -0.491. The van der Waals surface area contributed by atoms with E-state index in [0.717, 1.165) is 5.56 Å². The van der Waals surface area contributed by atoms with Crippen molar-refractivity contribution in [2.24, 2.45) is 7.05 Å². The average Bonchev–Trinajstić information content (AvgIpc) is 2.76. The molecule has 0 N–H and O–H groups in total. The Morgan fingerprint density at radius 2 is 1.95 bits per heavy atom. The first-order chi connectivity index (χ1) is 10.4. The Labute approximate surface area is 134 Å². The summed E-state index contributed by atoms with van der Waals surface area (Å²) in [5.41, 5.74) is 2.17. The molecule has 3 rings (SSSR count). The van der Waals surface area contributed by atoms with Crippen LogP contribution in [0.3, 0.4) is 0 Å². The average molecular weight is 338 g/mol. The molecule has 112 valence electrons. The van der Waals surface area contributed by atoms with Crippen molar-refractivity contribution in [1.82, 2.24) is 14.8 Å². The summed E-state index contributed by atoms with van der Waals surface area (Å²) in [5.74, 6) is -0.868. The van der Waals surface area contributed by atoms with Gasteiger partial charge in [-0.3, -0.25) is 9.36 Å². The topological polar surface area (TPSA) is 78.0 Å². The van der Waals surface area contributed by atoms with E-state index in [1.807, 2.05) is 0 Å². The molecule has 0 saturated carbocycles. The van der Waals surface area contributed by atoms with E-state index in [1.165, 1.54) is 16.7 Å². The minimum absolute atomic E-state index is 0.0401. The molecule has 2 heterocycles. The molecule has 0 fully saturated rings. The van der Waals surface area contributed by atoms with Crippen LogP contribution in [0.4, 0.5) is 0 Å². The Morgan fingerprint density at radius 1 is 1.23 bits per heavy atom. The zero-order valence-corrected chi connectivity index (χ0v) is 13.1. The molecule has 0 aliphatic rings. The number of carbonyl (C=O) groups excluding carboxylic acids is 1.